The minimum atomic E-state index is -4.60. The van der Waals surface area contributed by atoms with Crippen LogP contribution in [0.4, 0.5) is 13.2 Å². The molecule has 1 heterocycles. The number of carbonyl (C=O) groups excluding carboxylic acids is 1. The number of rotatable bonds is 5. The van der Waals surface area contributed by atoms with Crippen LogP contribution < -0.4 is 5.32 Å². The SMILES string of the molecule is N#CC1(NC(=O)C2CC(S(=O)(=O)c3ccccc3Cl)CN2CC(F)(F)F)CC1. The summed E-state index contributed by atoms with van der Waals surface area (Å²) in [4.78, 5) is 13.2. The summed E-state index contributed by atoms with van der Waals surface area (Å²) in [7, 11) is -4.04. The van der Waals surface area contributed by atoms with Crippen LogP contribution in [0.15, 0.2) is 29.2 Å². The molecule has 1 aliphatic heterocycles. The van der Waals surface area contributed by atoms with Gasteiger partial charge in [0, 0.05) is 6.54 Å². The zero-order valence-corrected chi connectivity index (χ0v) is 16.1. The largest absolute Gasteiger partial charge is 0.401 e. The van der Waals surface area contributed by atoms with E-state index in [4.69, 9.17) is 16.9 Å². The predicted molar refractivity (Wildman–Crippen MR) is 94.2 cm³/mol. The molecule has 1 N–H and O–H groups in total. The monoisotopic (exact) mass is 435 g/mol. The van der Waals surface area contributed by atoms with Crippen LogP contribution >= 0.6 is 11.6 Å². The second-order valence-corrected chi connectivity index (χ2v) is 9.68. The van der Waals surface area contributed by atoms with Crippen LogP contribution in [0.5, 0.6) is 0 Å². The quantitative estimate of drug-likeness (QED) is 0.766. The zero-order valence-electron chi connectivity index (χ0n) is 14.5. The van der Waals surface area contributed by atoms with Gasteiger partial charge in [-0.15, -0.1) is 0 Å². The fourth-order valence-electron chi connectivity index (χ4n) is 3.33. The molecule has 3 rings (SSSR count). The molecule has 0 bridgehead atoms. The zero-order chi connectivity index (χ0) is 20.7. The van der Waals surface area contributed by atoms with Gasteiger partial charge in [-0.25, -0.2) is 8.42 Å². The first-order valence-electron chi connectivity index (χ1n) is 8.50. The molecule has 1 aromatic rings. The van der Waals surface area contributed by atoms with E-state index in [1.54, 1.807) is 6.07 Å². The summed E-state index contributed by atoms with van der Waals surface area (Å²) in [5.41, 5.74) is -1.05. The molecule has 1 amide bonds. The number of sulfone groups is 1. The Hall–Kier alpha value is -1.83. The van der Waals surface area contributed by atoms with Crippen molar-refractivity contribution in [3.63, 3.8) is 0 Å². The lowest BCUT2D eigenvalue weighted by molar-refractivity contribution is -0.151. The van der Waals surface area contributed by atoms with Crippen LogP contribution in [-0.4, -0.2) is 55.3 Å². The summed E-state index contributed by atoms with van der Waals surface area (Å²) in [5, 5.41) is 10.3. The first-order chi connectivity index (χ1) is 13.0. The van der Waals surface area contributed by atoms with E-state index in [1.807, 2.05) is 6.07 Å². The molecule has 1 saturated carbocycles. The van der Waals surface area contributed by atoms with Gasteiger partial charge in [0.15, 0.2) is 9.84 Å². The van der Waals surface area contributed by atoms with Crippen LogP contribution in [0, 0.1) is 11.3 Å². The molecule has 2 aliphatic rings. The normalized spacial score (nSPS) is 24.5. The number of nitriles is 1. The van der Waals surface area contributed by atoms with Gasteiger partial charge in [-0.2, -0.15) is 18.4 Å². The molecule has 1 aromatic carbocycles. The van der Waals surface area contributed by atoms with Gasteiger partial charge in [0.2, 0.25) is 5.91 Å². The molecule has 0 aromatic heterocycles. The third-order valence-electron chi connectivity index (χ3n) is 4.96. The molecule has 2 unspecified atom stereocenters. The van der Waals surface area contributed by atoms with E-state index in [-0.39, 0.29) is 16.3 Å². The number of carbonyl (C=O) groups is 1. The van der Waals surface area contributed by atoms with E-state index >= 15 is 0 Å². The fraction of sp³-hybridized carbons (Fsp3) is 0.529. The maximum absolute atomic E-state index is 13.0. The number of hydrogen-bond donors (Lipinski definition) is 1. The standard InChI is InChI=1S/C17H17ClF3N3O3S/c18-12-3-1-2-4-14(12)28(26,27)11-7-13(24(8-11)10-17(19,20)21)15(25)23-16(9-22)5-6-16/h1-4,11,13H,5-8,10H2,(H,23,25). The number of halogens is 4. The highest BCUT2D eigenvalue weighted by Gasteiger charge is 2.51. The van der Waals surface area contributed by atoms with Crippen molar-refractivity contribution in [3.8, 4) is 6.07 Å². The van der Waals surface area contributed by atoms with Gasteiger partial charge in [0.1, 0.15) is 5.54 Å². The lowest BCUT2D eigenvalue weighted by atomic mass is 10.2. The molecule has 0 spiro atoms. The molecule has 1 saturated heterocycles. The molecule has 2 atom stereocenters. The number of benzene rings is 1. The smallest absolute Gasteiger partial charge is 0.336 e. The summed E-state index contributed by atoms with van der Waals surface area (Å²) < 4.78 is 64.7. The molecule has 1 aliphatic carbocycles. The highest BCUT2D eigenvalue weighted by atomic mass is 35.5. The van der Waals surface area contributed by atoms with Gasteiger partial charge in [0.25, 0.3) is 0 Å². The van der Waals surface area contributed by atoms with Gasteiger partial charge in [-0.3, -0.25) is 9.69 Å². The van der Waals surface area contributed by atoms with Crippen LogP contribution in [0.25, 0.3) is 0 Å². The Morgan fingerprint density at radius 2 is 2.00 bits per heavy atom. The predicted octanol–water partition coefficient (Wildman–Crippen LogP) is 2.29. The molecule has 28 heavy (non-hydrogen) atoms. The van der Waals surface area contributed by atoms with E-state index in [0.29, 0.717) is 12.8 Å². The van der Waals surface area contributed by atoms with Crippen molar-refractivity contribution in [2.24, 2.45) is 0 Å². The molecular formula is C17H17ClF3N3O3S. The second kappa shape index (κ2) is 7.21. The van der Waals surface area contributed by atoms with Gasteiger partial charge in [-0.05, 0) is 31.4 Å². The Labute approximate surface area is 165 Å². The lowest BCUT2D eigenvalue weighted by Gasteiger charge is -2.25. The first-order valence-corrected chi connectivity index (χ1v) is 10.4. The Kier molecular flexibility index (Phi) is 5.38. The lowest BCUT2D eigenvalue weighted by Crippen LogP contribution is -2.49. The van der Waals surface area contributed by atoms with Crippen LogP contribution in [0.2, 0.25) is 5.02 Å². The summed E-state index contributed by atoms with van der Waals surface area (Å²) in [6.45, 7) is -1.87. The minimum Gasteiger partial charge on any atom is -0.336 e. The molecule has 0 radical (unpaired) electrons. The van der Waals surface area contributed by atoms with Crippen molar-refractivity contribution < 1.29 is 26.4 Å². The summed E-state index contributed by atoms with van der Waals surface area (Å²) >= 11 is 5.96. The van der Waals surface area contributed by atoms with Crippen molar-refractivity contribution in [1.82, 2.24) is 10.2 Å². The van der Waals surface area contributed by atoms with Crippen molar-refractivity contribution in [2.45, 2.75) is 47.2 Å². The topological polar surface area (TPSA) is 90.3 Å². The summed E-state index contributed by atoms with van der Waals surface area (Å²) in [5.74, 6) is -0.764. The summed E-state index contributed by atoms with van der Waals surface area (Å²) in [6, 6.07) is 6.31. The Morgan fingerprint density at radius 1 is 1.36 bits per heavy atom. The Balaban J connectivity index is 1.86. The molecule has 2 fully saturated rings. The van der Waals surface area contributed by atoms with Crippen LogP contribution in [-0.2, 0) is 14.6 Å². The van der Waals surface area contributed by atoms with E-state index < -0.39 is 51.8 Å². The van der Waals surface area contributed by atoms with Crippen molar-refractivity contribution >= 4 is 27.3 Å². The van der Waals surface area contributed by atoms with Crippen LogP contribution in [0.1, 0.15) is 19.3 Å². The number of hydrogen-bond acceptors (Lipinski definition) is 5. The number of amides is 1. The maximum atomic E-state index is 13.0. The molecular weight excluding hydrogens is 419 g/mol. The van der Waals surface area contributed by atoms with E-state index in [0.717, 1.165) is 4.90 Å². The Morgan fingerprint density at radius 3 is 2.54 bits per heavy atom. The molecule has 11 heteroatoms. The van der Waals surface area contributed by atoms with E-state index in [2.05, 4.69) is 5.32 Å². The van der Waals surface area contributed by atoms with Gasteiger partial charge in [0.05, 0.1) is 33.8 Å². The third kappa shape index (κ3) is 4.26. The van der Waals surface area contributed by atoms with E-state index in [1.165, 1.54) is 18.2 Å². The number of nitrogens with zero attached hydrogens (tertiary/aromatic N) is 2. The number of likely N-dealkylation sites (tertiary alicyclic amines) is 1. The number of alkyl halides is 3. The fourth-order valence-corrected chi connectivity index (χ4v) is 5.58. The Bertz CT molecular complexity index is 926. The van der Waals surface area contributed by atoms with Crippen LogP contribution in [0.3, 0.4) is 0 Å². The first kappa shape index (κ1) is 20.9. The van der Waals surface area contributed by atoms with Gasteiger partial charge in [-0.1, -0.05) is 23.7 Å². The van der Waals surface area contributed by atoms with Crippen molar-refractivity contribution in [2.75, 3.05) is 13.1 Å². The second-order valence-electron chi connectivity index (χ2n) is 7.08. The third-order valence-corrected chi connectivity index (χ3v) is 7.59. The minimum absolute atomic E-state index is 0.0285. The van der Waals surface area contributed by atoms with Gasteiger partial charge >= 0.3 is 6.18 Å². The maximum Gasteiger partial charge on any atom is 0.401 e. The van der Waals surface area contributed by atoms with E-state index in [9.17, 15) is 26.4 Å². The molecule has 6 nitrogen and oxygen atoms in total. The van der Waals surface area contributed by atoms with Crippen molar-refractivity contribution in [3.05, 3.63) is 29.3 Å². The average Bonchev–Trinajstić information content (AvgIpc) is 3.24. The highest BCUT2D eigenvalue weighted by Crippen LogP contribution is 2.37. The summed E-state index contributed by atoms with van der Waals surface area (Å²) in [6.07, 6.45) is -4.07. The van der Waals surface area contributed by atoms with Gasteiger partial charge < -0.3 is 5.32 Å². The average molecular weight is 436 g/mol. The highest BCUT2D eigenvalue weighted by molar-refractivity contribution is 7.92. The van der Waals surface area contributed by atoms with Crippen molar-refractivity contribution in [1.29, 1.82) is 5.26 Å². The molecule has 152 valence electrons. The number of nitrogens with one attached hydrogen (secondary N) is 1.